The van der Waals surface area contributed by atoms with Crippen molar-refractivity contribution in [2.75, 3.05) is 6.54 Å². The minimum absolute atomic E-state index is 0.829. The molecular formula is C32H66Cl3NSi. The van der Waals surface area contributed by atoms with Gasteiger partial charge in [-0.25, -0.2) is 0 Å². The van der Waals surface area contributed by atoms with Crippen LogP contribution < -0.4 is 5.73 Å². The first-order valence-electron chi connectivity index (χ1n) is 16.8. The fraction of sp³-hybridized carbons (Fsp3) is 1.00. The molecule has 2 N–H and O–H groups in total. The Morgan fingerprint density at radius 1 is 0.270 bits per heavy atom. The molecule has 0 spiro atoms. The van der Waals surface area contributed by atoms with Gasteiger partial charge in [-0.05, 0) is 19.0 Å². The highest BCUT2D eigenvalue weighted by molar-refractivity contribution is 7.64. The third-order valence-corrected chi connectivity index (χ3v) is 10.5. The molecule has 0 radical (unpaired) electrons. The van der Waals surface area contributed by atoms with Crippen LogP contribution in [0.2, 0.25) is 6.04 Å². The molecule has 0 rings (SSSR count). The van der Waals surface area contributed by atoms with Crippen molar-refractivity contribution in [1.29, 1.82) is 0 Å². The van der Waals surface area contributed by atoms with E-state index in [1.165, 1.54) is 186 Å². The summed E-state index contributed by atoms with van der Waals surface area (Å²) in [6.45, 7) is 0.869. The first-order valence-corrected chi connectivity index (χ1v) is 22.1. The van der Waals surface area contributed by atoms with Gasteiger partial charge in [-0.2, -0.15) is 0 Å². The van der Waals surface area contributed by atoms with Crippen molar-refractivity contribution in [3.8, 4) is 0 Å². The van der Waals surface area contributed by atoms with Crippen molar-refractivity contribution >= 4 is 39.2 Å². The molecule has 0 unspecified atom stereocenters. The lowest BCUT2D eigenvalue weighted by atomic mass is 10.0. The van der Waals surface area contributed by atoms with Gasteiger partial charge in [0.05, 0.1) is 0 Å². The molecule has 37 heavy (non-hydrogen) atoms. The van der Waals surface area contributed by atoms with Gasteiger partial charge in [-0.1, -0.05) is 186 Å². The zero-order chi connectivity index (χ0) is 27.1. The van der Waals surface area contributed by atoms with Gasteiger partial charge in [0.2, 0.25) is 0 Å². The first kappa shape index (κ1) is 38.0. The molecule has 0 bridgehead atoms. The maximum absolute atomic E-state index is 5.92. The third kappa shape index (κ3) is 37.0. The van der Waals surface area contributed by atoms with Gasteiger partial charge in [0.1, 0.15) is 0 Å². The summed E-state index contributed by atoms with van der Waals surface area (Å²) in [5, 5.41) is 0. The molecule has 0 saturated carbocycles. The van der Waals surface area contributed by atoms with E-state index in [4.69, 9.17) is 39.0 Å². The molecule has 0 saturated heterocycles. The molecule has 0 aliphatic carbocycles. The van der Waals surface area contributed by atoms with E-state index >= 15 is 0 Å². The Hall–Kier alpha value is 1.05. The summed E-state index contributed by atoms with van der Waals surface area (Å²) in [7, 11) is 0. The van der Waals surface area contributed by atoms with Gasteiger partial charge in [0, 0.05) is 0 Å². The second-order valence-electron chi connectivity index (χ2n) is 11.8. The van der Waals surface area contributed by atoms with Gasteiger partial charge in [0.25, 0.3) is 0 Å². The Morgan fingerprint density at radius 2 is 0.432 bits per heavy atom. The average molecular weight is 599 g/mol. The zero-order valence-electron chi connectivity index (χ0n) is 24.8. The van der Waals surface area contributed by atoms with Crippen LogP contribution in [0.25, 0.3) is 0 Å². The van der Waals surface area contributed by atoms with E-state index in [0.29, 0.717) is 0 Å². The lowest BCUT2D eigenvalue weighted by Gasteiger charge is -2.07. The predicted octanol–water partition coefficient (Wildman–Crippen LogP) is 13.3. The van der Waals surface area contributed by atoms with Gasteiger partial charge in [-0.15, -0.1) is 33.2 Å². The third-order valence-electron chi connectivity index (χ3n) is 7.91. The highest BCUT2D eigenvalue weighted by Crippen LogP contribution is 2.27. The van der Waals surface area contributed by atoms with Crippen molar-refractivity contribution in [3.05, 3.63) is 0 Å². The van der Waals surface area contributed by atoms with Crippen molar-refractivity contribution in [1.82, 2.24) is 0 Å². The van der Waals surface area contributed by atoms with E-state index in [1.807, 2.05) is 0 Å². The second kappa shape index (κ2) is 31.6. The Labute approximate surface area is 249 Å². The van der Waals surface area contributed by atoms with Crippen LogP contribution in [-0.2, 0) is 0 Å². The molecule has 0 fully saturated rings. The molecule has 0 aromatic carbocycles. The monoisotopic (exact) mass is 597 g/mol. The molecule has 0 heterocycles. The van der Waals surface area contributed by atoms with Gasteiger partial charge in [-0.3, -0.25) is 0 Å². The topological polar surface area (TPSA) is 26.0 Å². The van der Waals surface area contributed by atoms with Crippen LogP contribution in [0.4, 0.5) is 0 Å². The maximum atomic E-state index is 5.92. The Kier molecular flexibility index (Phi) is 32.5. The van der Waals surface area contributed by atoms with Crippen molar-refractivity contribution in [2.45, 2.75) is 199 Å². The summed E-state index contributed by atoms with van der Waals surface area (Å²) in [6, 6.07) is -1.54. The van der Waals surface area contributed by atoms with Crippen LogP contribution in [0.1, 0.15) is 193 Å². The highest BCUT2D eigenvalue weighted by Gasteiger charge is 2.23. The second-order valence-corrected chi connectivity index (χ2v) is 21.0. The van der Waals surface area contributed by atoms with Gasteiger partial charge < -0.3 is 5.73 Å². The Balaban J connectivity index is 3.04. The number of hydrogen-bond acceptors (Lipinski definition) is 1. The number of unbranched alkanes of at least 4 members (excludes halogenated alkanes) is 29. The fourth-order valence-electron chi connectivity index (χ4n) is 5.42. The smallest absolute Gasteiger partial charge is 0.330 e. The van der Waals surface area contributed by atoms with Crippen LogP contribution >= 0.6 is 33.2 Å². The van der Waals surface area contributed by atoms with Crippen molar-refractivity contribution in [3.63, 3.8) is 0 Å². The van der Waals surface area contributed by atoms with E-state index in [9.17, 15) is 0 Å². The standard InChI is InChI=1S/C32H66Cl3NSi/c33-37(34,35)32-30-28-26-24-22-20-18-16-14-12-10-8-6-4-2-1-3-5-7-9-11-13-15-17-19-21-23-25-27-29-31-36/h1-32,36H2. The zero-order valence-corrected chi connectivity index (χ0v) is 28.1. The summed E-state index contributed by atoms with van der Waals surface area (Å²) < 4.78 is 0. The molecular weight excluding hydrogens is 533 g/mol. The molecule has 0 aromatic rings. The minimum atomic E-state index is -2.37. The van der Waals surface area contributed by atoms with Crippen LogP contribution in [0, 0.1) is 0 Å². The van der Waals surface area contributed by atoms with Crippen LogP contribution in [0.3, 0.4) is 0 Å². The van der Waals surface area contributed by atoms with E-state index in [1.54, 1.807) is 0 Å². The fourth-order valence-corrected chi connectivity index (χ4v) is 7.27. The number of halogens is 3. The lowest BCUT2D eigenvalue weighted by molar-refractivity contribution is 0.513. The average Bonchev–Trinajstić information content (AvgIpc) is 2.86. The van der Waals surface area contributed by atoms with Crippen molar-refractivity contribution < 1.29 is 0 Å². The van der Waals surface area contributed by atoms with Crippen LogP contribution in [-0.4, -0.2) is 12.5 Å². The first-order chi connectivity index (χ1) is 18.1. The SMILES string of the molecule is NCCCCCCCCCCCCCCCCCCCCCCCCCCCCCCCC[Si](Cl)(Cl)Cl. The van der Waals surface area contributed by atoms with Gasteiger partial charge >= 0.3 is 6.00 Å². The highest BCUT2D eigenvalue weighted by atomic mass is 35.8. The molecule has 0 aromatic heterocycles. The molecule has 0 aliphatic heterocycles. The Morgan fingerprint density at radius 3 is 0.595 bits per heavy atom. The molecule has 0 atom stereocenters. The summed E-state index contributed by atoms with van der Waals surface area (Å²) in [4.78, 5) is 0. The Bertz CT molecular complexity index is 417. The minimum Gasteiger partial charge on any atom is -0.330 e. The van der Waals surface area contributed by atoms with Gasteiger partial charge in [0.15, 0.2) is 0 Å². The summed E-state index contributed by atoms with van der Waals surface area (Å²) in [6.07, 6.45) is 42.4. The largest absolute Gasteiger partial charge is 0.341 e. The predicted molar refractivity (Wildman–Crippen MR) is 176 cm³/mol. The molecule has 224 valence electrons. The van der Waals surface area contributed by atoms with E-state index in [0.717, 1.165) is 19.0 Å². The molecule has 0 aliphatic rings. The number of hydrogen-bond donors (Lipinski definition) is 1. The normalized spacial score (nSPS) is 12.0. The maximum Gasteiger partial charge on any atom is 0.341 e. The lowest BCUT2D eigenvalue weighted by Crippen LogP contribution is -2.07. The van der Waals surface area contributed by atoms with E-state index in [-0.39, 0.29) is 0 Å². The van der Waals surface area contributed by atoms with E-state index < -0.39 is 6.00 Å². The summed E-state index contributed by atoms with van der Waals surface area (Å²) in [5.74, 6) is 0. The van der Waals surface area contributed by atoms with Crippen LogP contribution in [0.5, 0.6) is 0 Å². The van der Waals surface area contributed by atoms with Crippen molar-refractivity contribution in [2.24, 2.45) is 5.73 Å². The van der Waals surface area contributed by atoms with Crippen LogP contribution in [0.15, 0.2) is 0 Å². The van der Waals surface area contributed by atoms with E-state index in [2.05, 4.69) is 0 Å². The summed E-state index contributed by atoms with van der Waals surface area (Å²) >= 11 is 17.8. The summed E-state index contributed by atoms with van der Waals surface area (Å²) in [5.41, 5.74) is 5.54. The quantitative estimate of drug-likeness (QED) is 0.0465. The number of rotatable bonds is 32. The molecule has 0 amide bonds. The molecule has 5 heteroatoms. The number of nitrogens with two attached hydrogens (primary N) is 1. The molecule has 1 nitrogen and oxygen atoms in total.